The molecule has 2 aliphatic rings. The summed E-state index contributed by atoms with van der Waals surface area (Å²) in [6.07, 6.45) is 2.86. The fourth-order valence-corrected chi connectivity index (χ4v) is 2.92. The first kappa shape index (κ1) is 9.47. The summed E-state index contributed by atoms with van der Waals surface area (Å²) in [4.78, 5) is 5.25. The minimum Gasteiger partial charge on any atom is -0.303 e. The fraction of sp³-hybridized carbons (Fsp3) is 1.00. The molecule has 0 aromatic heterocycles. The predicted molar refractivity (Wildman–Crippen MR) is 55.9 cm³/mol. The highest BCUT2D eigenvalue weighted by molar-refractivity contribution is 4.94. The Morgan fingerprint density at radius 2 is 1.69 bits per heavy atom. The van der Waals surface area contributed by atoms with Crippen LogP contribution < -0.4 is 0 Å². The molecule has 0 aromatic carbocycles. The molecule has 2 aliphatic heterocycles. The fourth-order valence-electron chi connectivity index (χ4n) is 2.92. The van der Waals surface area contributed by atoms with Crippen LogP contribution in [0.4, 0.5) is 0 Å². The summed E-state index contributed by atoms with van der Waals surface area (Å²) in [6, 6.07) is 1.73. The zero-order chi connectivity index (χ0) is 9.42. The Kier molecular flexibility index (Phi) is 2.61. The summed E-state index contributed by atoms with van der Waals surface area (Å²) in [5, 5.41) is 0. The lowest BCUT2D eigenvalue weighted by Gasteiger charge is -2.40. The van der Waals surface area contributed by atoms with Gasteiger partial charge in [0, 0.05) is 31.7 Å². The third-order valence-corrected chi connectivity index (χ3v) is 3.39. The molecule has 0 radical (unpaired) electrons. The maximum absolute atomic E-state index is 2.75. The van der Waals surface area contributed by atoms with Gasteiger partial charge in [0.05, 0.1) is 0 Å². The van der Waals surface area contributed by atoms with E-state index in [0.717, 1.165) is 18.0 Å². The van der Waals surface area contributed by atoms with E-state index in [9.17, 15) is 0 Å². The van der Waals surface area contributed by atoms with Gasteiger partial charge in [-0.2, -0.15) is 0 Å². The number of rotatable bonds is 2. The van der Waals surface area contributed by atoms with Gasteiger partial charge in [-0.05, 0) is 25.8 Å². The first-order chi connectivity index (χ1) is 6.16. The van der Waals surface area contributed by atoms with E-state index < -0.39 is 0 Å². The Labute approximate surface area is 81.9 Å². The molecule has 2 unspecified atom stereocenters. The Bertz CT molecular complexity index is 165. The van der Waals surface area contributed by atoms with E-state index in [4.69, 9.17) is 0 Å². The molecule has 2 nitrogen and oxygen atoms in total. The van der Waals surface area contributed by atoms with Crippen molar-refractivity contribution in [3.05, 3.63) is 0 Å². The van der Waals surface area contributed by atoms with Gasteiger partial charge in [-0.25, -0.2) is 0 Å². The molecule has 2 heterocycles. The molecule has 2 bridgehead atoms. The quantitative estimate of drug-likeness (QED) is 0.637. The second-order valence-corrected chi connectivity index (χ2v) is 5.20. The first-order valence-electron chi connectivity index (χ1n) is 5.61. The highest BCUT2D eigenvalue weighted by atomic mass is 15.3. The van der Waals surface area contributed by atoms with E-state index in [1.807, 2.05) is 0 Å². The van der Waals surface area contributed by atoms with Crippen molar-refractivity contribution < 1.29 is 0 Å². The van der Waals surface area contributed by atoms with Crippen LogP contribution in [-0.2, 0) is 0 Å². The predicted octanol–water partition coefficient (Wildman–Crippen LogP) is 1.42. The van der Waals surface area contributed by atoms with Crippen molar-refractivity contribution in [3.63, 3.8) is 0 Å². The van der Waals surface area contributed by atoms with E-state index in [1.54, 1.807) is 0 Å². The summed E-state index contributed by atoms with van der Waals surface area (Å²) in [6.45, 7) is 8.56. The van der Waals surface area contributed by atoms with Gasteiger partial charge >= 0.3 is 0 Å². The number of hydrogen-bond acceptors (Lipinski definition) is 2. The number of likely N-dealkylation sites (N-methyl/N-ethyl adjacent to an activating group) is 1. The maximum Gasteiger partial charge on any atom is 0.0227 e. The lowest BCUT2D eigenvalue weighted by molar-refractivity contribution is 0.0723. The average molecular weight is 182 g/mol. The molecule has 0 spiro atoms. The SMILES string of the molecule is CC(C)CN1C2CCC1CN(C)C2. The van der Waals surface area contributed by atoms with Crippen molar-refractivity contribution in [1.29, 1.82) is 0 Å². The number of likely N-dealkylation sites (tertiary alicyclic amines) is 1. The highest BCUT2D eigenvalue weighted by Crippen LogP contribution is 2.29. The van der Waals surface area contributed by atoms with Crippen molar-refractivity contribution in [2.45, 2.75) is 38.8 Å². The molecule has 2 atom stereocenters. The zero-order valence-corrected chi connectivity index (χ0v) is 9.16. The summed E-state index contributed by atoms with van der Waals surface area (Å²) in [5.41, 5.74) is 0. The summed E-state index contributed by atoms with van der Waals surface area (Å²) >= 11 is 0. The summed E-state index contributed by atoms with van der Waals surface area (Å²) in [7, 11) is 2.26. The summed E-state index contributed by atoms with van der Waals surface area (Å²) < 4.78 is 0. The standard InChI is InChI=1S/C11H22N2/c1-9(2)6-13-10-4-5-11(13)8-12(3)7-10/h9-11H,4-8H2,1-3H3. The minimum atomic E-state index is 0.825. The number of nitrogens with zero attached hydrogens (tertiary/aromatic N) is 2. The Morgan fingerprint density at radius 3 is 2.15 bits per heavy atom. The number of hydrogen-bond donors (Lipinski definition) is 0. The zero-order valence-electron chi connectivity index (χ0n) is 9.16. The third-order valence-electron chi connectivity index (χ3n) is 3.39. The van der Waals surface area contributed by atoms with Crippen LogP contribution in [0.1, 0.15) is 26.7 Å². The van der Waals surface area contributed by atoms with Crippen LogP contribution in [0.3, 0.4) is 0 Å². The maximum atomic E-state index is 2.75. The third kappa shape index (κ3) is 1.89. The van der Waals surface area contributed by atoms with Crippen molar-refractivity contribution in [3.8, 4) is 0 Å². The number of piperazine rings is 1. The van der Waals surface area contributed by atoms with Crippen LogP contribution in [0, 0.1) is 5.92 Å². The smallest absolute Gasteiger partial charge is 0.0227 e. The van der Waals surface area contributed by atoms with Gasteiger partial charge in [-0.3, -0.25) is 4.90 Å². The van der Waals surface area contributed by atoms with Crippen LogP contribution in [0.25, 0.3) is 0 Å². The van der Waals surface area contributed by atoms with E-state index >= 15 is 0 Å². The van der Waals surface area contributed by atoms with E-state index in [1.165, 1.54) is 32.5 Å². The average Bonchev–Trinajstić information content (AvgIpc) is 2.32. The summed E-state index contributed by atoms with van der Waals surface area (Å²) in [5.74, 6) is 0.825. The molecule has 2 heteroatoms. The van der Waals surface area contributed by atoms with E-state index in [0.29, 0.717) is 0 Å². The van der Waals surface area contributed by atoms with Crippen LogP contribution in [0.15, 0.2) is 0 Å². The van der Waals surface area contributed by atoms with Crippen molar-refractivity contribution in [2.75, 3.05) is 26.7 Å². The lowest BCUT2D eigenvalue weighted by Crippen LogP contribution is -2.53. The molecule has 0 saturated carbocycles. The lowest BCUT2D eigenvalue weighted by atomic mass is 10.1. The van der Waals surface area contributed by atoms with Crippen LogP contribution >= 0.6 is 0 Å². The van der Waals surface area contributed by atoms with E-state index in [2.05, 4.69) is 30.7 Å². The van der Waals surface area contributed by atoms with Gasteiger partial charge in [-0.1, -0.05) is 13.8 Å². The molecule has 0 aliphatic carbocycles. The molecule has 0 amide bonds. The van der Waals surface area contributed by atoms with Gasteiger partial charge in [0.25, 0.3) is 0 Å². The van der Waals surface area contributed by atoms with Crippen LogP contribution in [-0.4, -0.2) is 48.6 Å². The normalized spacial score (nSPS) is 36.0. The van der Waals surface area contributed by atoms with Crippen molar-refractivity contribution >= 4 is 0 Å². The minimum absolute atomic E-state index is 0.825. The van der Waals surface area contributed by atoms with Crippen LogP contribution in [0.2, 0.25) is 0 Å². The van der Waals surface area contributed by atoms with Gasteiger partial charge in [-0.15, -0.1) is 0 Å². The highest BCUT2D eigenvalue weighted by Gasteiger charge is 2.38. The molecule has 2 saturated heterocycles. The second-order valence-electron chi connectivity index (χ2n) is 5.20. The topological polar surface area (TPSA) is 6.48 Å². The molecular formula is C11H22N2. The van der Waals surface area contributed by atoms with Gasteiger partial charge in [0.15, 0.2) is 0 Å². The Balaban J connectivity index is 1.98. The van der Waals surface area contributed by atoms with Gasteiger partial charge in [0.2, 0.25) is 0 Å². The largest absolute Gasteiger partial charge is 0.303 e. The van der Waals surface area contributed by atoms with Crippen LogP contribution in [0.5, 0.6) is 0 Å². The number of fused-ring (bicyclic) bond motifs is 2. The molecule has 0 aromatic rings. The molecular weight excluding hydrogens is 160 g/mol. The monoisotopic (exact) mass is 182 g/mol. The second kappa shape index (κ2) is 3.58. The first-order valence-corrected chi connectivity index (χ1v) is 5.61. The molecule has 13 heavy (non-hydrogen) atoms. The molecule has 0 N–H and O–H groups in total. The molecule has 2 rings (SSSR count). The Hall–Kier alpha value is -0.0800. The van der Waals surface area contributed by atoms with Crippen molar-refractivity contribution in [1.82, 2.24) is 9.80 Å². The van der Waals surface area contributed by atoms with Crippen molar-refractivity contribution in [2.24, 2.45) is 5.92 Å². The molecule has 2 fully saturated rings. The Morgan fingerprint density at radius 1 is 1.15 bits per heavy atom. The molecule has 76 valence electrons. The van der Waals surface area contributed by atoms with Gasteiger partial charge in [0.1, 0.15) is 0 Å². The van der Waals surface area contributed by atoms with Gasteiger partial charge < -0.3 is 4.90 Å². The van der Waals surface area contributed by atoms with E-state index in [-0.39, 0.29) is 0 Å².